The molecule has 1 saturated heterocycles. The molecule has 1 aromatic heterocycles. The van der Waals surface area contributed by atoms with E-state index in [2.05, 4.69) is 11.6 Å². The zero-order valence-corrected chi connectivity index (χ0v) is 19.6. The van der Waals surface area contributed by atoms with Crippen LogP contribution in [0, 0.1) is 17.7 Å². The molecule has 2 unspecified atom stereocenters. The third-order valence-electron chi connectivity index (χ3n) is 7.55. The van der Waals surface area contributed by atoms with Crippen molar-refractivity contribution in [2.45, 2.75) is 44.1 Å². The van der Waals surface area contributed by atoms with Crippen LogP contribution in [0.1, 0.15) is 55.2 Å². The number of benzene rings is 2. The molecule has 0 bridgehead atoms. The fraction of sp³-hybridized carbons (Fsp3) is 0.345. The number of carbonyl (C=O) groups is 2. The van der Waals surface area contributed by atoms with Gasteiger partial charge in [0.05, 0.1) is 5.52 Å². The van der Waals surface area contributed by atoms with Crippen LogP contribution >= 0.6 is 0 Å². The summed E-state index contributed by atoms with van der Waals surface area (Å²) in [5.74, 6) is -0.334. The molecule has 180 valence electrons. The van der Waals surface area contributed by atoms with E-state index in [4.69, 9.17) is 4.74 Å². The summed E-state index contributed by atoms with van der Waals surface area (Å²) in [7, 11) is 0. The molecule has 0 radical (unpaired) electrons. The van der Waals surface area contributed by atoms with E-state index >= 15 is 0 Å². The highest BCUT2D eigenvalue weighted by molar-refractivity contribution is 5.95. The molecule has 1 aliphatic heterocycles. The number of rotatable bonds is 6. The van der Waals surface area contributed by atoms with Crippen LogP contribution in [-0.4, -0.2) is 28.5 Å². The quantitative estimate of drug-likeness (QED) is 0.381. The Labute approximate surface area is 204 Å². The van der Waals surface area contributed by atoms with E-state index in [1.807, 2.05) is 36.4 Å². The number of allylic oxidation sites excluding steroid dienone is 1. The number of ether oxygens (including phenoxy) is 1. The lowest BCUT2D eigenvalue weighted by molar-refractivity contribution is -0.135. The molecule has 5 nitrogen and oxygen atoms in total. The minimum Gasteiger partial charge on any atom is -0.446 e. The number of aromatic nitrogens is 1. The fourth-order valence-electron chi connectivity index (χ4n) is 5.77. The number of fused-ring (bicyclic) bond motifs is 1. The van der Waals surface area contributed by atoms with Crippen LogP contribution in [0.5, 0.6) is 0 Å². The summed E-state index contributed by atoms with van der Waals surface area (Å²) in [4.78, 5) is 32.0. The van der Waals surface area contributed by atoms with Crippen LogP contribution in [0.4, 0.5) is 9.18 Å². The van der Waals surface area contributed by atoms with Crippen molar-refractivity contribution >= 4 is 22.9 Å². The zero-order valence-electron chi connectivity index (χ0n) is 19.6. The third kappa shape index (κ3) is 4.57. The van der Waals surface area contributed by atoms with Gasteiger partial charge in [0.15, 0.2) is 0 Å². The lowest BCUT2D eigenvalue weighted by Crippen LogP contribution is -2.41. The molecule has 2 atom stereocenters. The molecular weight excluding hydrogens is 443 g/mol. The predicted molar refractivity (Wildman–Crippen MR) is 132 cm³/mol. The maximum absolute atomic E-state index is 13.9. The lowest BCUT2D eigenvalue weighted by Gasteiger charge is -2.35. The Morgan fingerprint density at radius 3 is 2.66 bits per heavy atom. The van der Waals surface area contributed by atoms with E-state index in [0.29, 0.717) is 6.42 Å². The van der Waals surface area contributed by atoms with Crippen molar-refractivity contribution in [2.24, 2.45) is 11.8 Å². The van der Waals surface area contributed by atoms with Gasteiger partial charge in [-0.1, -0.05) is 36.4 Å². The monoisotopic (exact) mass is 472 g/mol. The van der Waals surface area contributed by atoms with Crippen LogP contribution < -0.4 is 0 Å². The van der Waals surface area contributed by atoms with Crippen LogP contribution in [0.25, 0.3) is 10.9 Å². The van der Waals surface area contributed by atoms with Crippen LogP contribution in [0.3, 0.4) is 0 Å². The first-order valence-electron chi connectivity index (χ1n) is 12.3. The number of hydrogen-bond donors (Lipinski definition) is 0. The van der Waals surface area contributed by atoms with E-state index < -0.39 is 12.1 Å². The van der Waals surface area contributed by atoms with Crippen molar-refractivity contribution in [3.05, 3.63) is 90.4 Å². The van der Waals surface area contributed by atoms with Gasteiger partial charge in [-0.3, -0.25) is 9.78 Å². The molecule has 1 saturated carbocycles. The van der Waals surface area contributed by atoms with E-state index in [-0.39, 0.29) is 36.1 Å². The highest BCUT2D eigenvalue weighted by Crippen LogP contribution is 2.43. The second-order valence-electron chi connectivity index (χ2n) is 9.52. The van der Waals surface area contributed by atoms with Crippen molar-refractivity contribution in [1.29, 1.82) is 0 Å². The van der Waals surface area contributed by atoms with Gasteiger partial charge in [0.2, 0.25) is 5.91 Å². The minimum absolute atomic E-state index is 0.145. The summed E-state index contributed by atoms with van der Waals surface area (Å²) >= 11 is 0. The Balaban J connectivity index is 1.34. The summed E-state index contributed by atoms with van der Waals surface area (Å²) in [5, 5.41) is 0.861. The molecule has 1 aliphatic carbocycles. The molecule has 2 amide bonds. The number of amides is 2. The van der Waals surface area contributed by atoms with Gasteiger partial charge in [0.25, 0.3) is 0 Å². The molecule has 3 aromatic rings. The highest BCUT2D eigenvalue weighted by atomic mass is 19.1. The van der Waals surface area contributed by atoms with Gasteiger partial charge in [0, 0.05) is 17.5 Å². The Bertz CT molecular complexity index is 1240. The van der Waals surface area contributed by atoms with Crippen LogP contribution in [0.2, 0.25) is 0 Å². The molecule has 0 spiro atoms. The van der Waals surface area contributed by atoms with E-state index in [0.717, 1.165) is 47.7 Å². The standard InChI is InChI=1S/C29H29FN2O3/c1-2-6-24(28(33)32-27(18-35-29(32)34)21-7-4-3-5-8-21)20-11-9-19(10-12-20)23-15-16-31-26-14-13-22(30)17-25(23)26/h2-5,7-8,13-17,19-20,24,27H,1,6,9-12,18H2. The van der Waals surface area contributed by atoms with E-state index in [1.54, 1.807) is 24.4 Å². The first-order chi connectivity index (χ1) is 17.1. The minimum atomic E-state index is -0.572. The lowest BCUT2D eigenvalue weighted by atomic mass is 9.72. The Morgan fingerprint density at radius 1 is 1.14 bits per heavy atom. The maximum atomic E-state index is 13.9. The number of halogens is 1. The molecule has 2 heterocycles. The largest absolute Gasteiger partial charge is 0.446 e. The zero-order chi connectivity index (χ0) is 24.4. The summed E-state index contributed by atoms with van der Waals surface area (Å²) in [6.45, 7) is 4.05. The summed E-state index contributed by atoms with van der Waals surface area (Å²) < 4.78 is 19.2. The van der Waals surface area contributed by atoms with Crippen LogP contribution in [0.15, 0.2) is 73.4 Å². The summed E-state index contributed by atoms with van der Waals surface area (Å²) in [5.41, 5.74) is 2.81. The van der Waals surface area contributed by atoms with E-state index in [9.17, 15) is 14.0 Å². The predicted octanol–water partition coefficient (Wildman–Crippen LogP) is 6.56. The fourth-order valence-corrected chi connectivity index (χ4v) is 5.77. The van der Waals surface area contributed by atoms with Gasteiger partial charge in [-0.15, -0.1) is 6.58 Å². The Kier molecular flexibility index (Phi) is 6.62. The Morgan fingerprint density at radius 2 is 1.91 bits per heavy atom. The van der Waals surface area contributed by atoms with Gasteiger partial charge < -0.3 is 4.74 Å². The number of nitrogens with zero attached hydrogens (tertiary/aromatic N) is 2. The first-order valence-corrected chi connectivity index (χ1v) is 12.3. The number of pyridine rings is 1. The summed E-state index contributed by atoms with van der Waals surface area (Å²) in [6.07, 6.45) is 7.00. The third-order valence-corrected chi connectivity index (χ3v) is 7.55. The molecule has 2 aliphatic rings. The van der Waals surface area contributed by atoms with Gasteiger partial charge in [-0.2, -0.15) is 0 Å². The van der Waals surface area contributed by atoms with Gasteiger partial charge >= 0.3 is 6.09 Å². The molecule has 6 heteroatoms. The average molecular weight is 473 g/mol. The molecule has 0 N–H and O–H groups in total. The maximum Gasteiger partial charge on any atom is 0.417 e. The second kappa shape index (κ2) is 9.98. The summed E-state index contributed by atoms with van der Waals surface area (Å²) in [6, 6.07) is 15.9. The van der Waals surface area contributed by atoms with Crippen molar-refractivity contribution in [3.63, 3.8) is 0 Å². The average Bonchev–Trinajstić information content (AvgIpc) is 3.28. The van der Waals surface area contributed by atoms with Crippen LogP contribution in [-0.2, 0) is 9.53 Å². The molecular formula is C29H29FN2O3. The Hall–Kier alpha value is -3.54. The van der Waals surface area contributed by atoms with Gasteiger partial charge in [0.1, 0.15) is 18.5 Å². The van der Waals surface area contributed by atoms with Crippen molar-refractivity contribution in [3.8, 4) is 0 Å². The number of hydrogen-bond acceptors (Lipinski definition) is 4. The number of imide groups is 1. The smallest absolute Gasteiger partial charge is 0.417 e. The van der Waals surface area contributed by atoms with Crippen molar-refractivity contribution < 1.29 is 18.7 Å². The number of cyclic esters (lactones) is 1. The highest BCUT2D eigenvalue weighted by Gasteiger charge is 2.43. The molecule has 35 heavy (non-hydrogen) atoms. The van der Waals surface area contributed by atoms with Crippen molar-refractivity contribution in [1.82, 2.24) is 9.88 Å². The van der Waals surface area contributed by atoms with Gasteiger partial charge in [-0.25, -0.2) is 14.1 Å². The van der Waals surface area contributed by atoms with E-state index in [1.165, 1.54) is 11.0 Å². The SMILES string of the molecule is C=CCC(C(=O)N1C(=O)OCC1c1ccccc1)C1CCC(c2ccnc3ccc(F)cc23)CC1. The molecule has 5 rings (SSSR count). The molecule has 2 fully saturated rings. The normalized spacial score (nSPS) is 23.2. The molecule has 2 aromatic carbocycles. The van der Waals surface area contributed by atoms with Crippen molar-refractivity contribution in [2.75, 3.05) is 6.61 Å². The second-order valence-corrected chi connectivity index (χ2v) is 9.52. The first kappa shape index (κ1) is 23.2. The number of carbonyl (C=O) groups excluding carboxylic acids is 2. The van der Waals surface area contributed by atoms with Gasteiger partial charge in [-0.05, 0) is 79.3 Å². The topological polar surface area (TPSA) is 59.5 Å².